The summed E-state index contributed by atoms with van der Waals surface area (Å²) in [5.74, 6) is -0.0626. The van der Waals surface area contributed by atoms with Crippen LogP contribution < -0.4 is 5.73 Å². The van der Waals surface area contributed by atoms with Gasteiger partial charge in [0.05, 0.1) is 5.56 Å². The van der Waals surface area contributed by atoms with Crippen LogP contribution in [0.25, 0.3) is 0 Å². The van der Waals surface area contributed by atoms with Gasteiger partial charge < -0.3 is 10.6 Å². The number of aryl methyl sites for hydroxylation is 1. The minimum Gasteiger partial charge on any atom is -0.398 e. The predicted molar refractivity (Wildman–Crippen MR) is 75.6 cm³/mol. The largest absolute Gasteiger partial charge is 0.398 e. The second-order valence-corrected chi connectivity index (χ2v) is 4.56. The molecule has 2 rings (SSSR count). The van der Waals surface area contributed by atoms with Crippen LogP contribution in [0.4, 0.5) is 5.69 Å². The summed E-state index contributed by atoms with van der Waals surface area (Å²) in [5.41, 5.74) is 8.93. The van der Waals surface area contributed by atoms with E-state index in [0.29, 0.717) is 17.8 Å². The highest BCUT2D eigenvalue weighted by Crippen LogP contribution is 2.18. The van der Waals surface area contributed by atoms with Crippen LogP contribution in [0, 0.1) is 6.92 Å². The molecule has 0 aliphatic heterocycles. The Kier molecular flexibility index (Phi) is 3.80. The number of hydrogen-bond donors (Lipinski definition) is 1. The lowest BCUT2D eigenvalue weighted by atomic mass is 10.1. The minimum absolute atomic E-state index is 0.0626. The zero-order valence-electron chi connectivity index (χ0n) is 11.1. The third-order valence-electron chi connectivity index (χ3n) is 3.03. The Hall–Kier alpha value is -2.36. The van der Waals surface area contributed by atoms with E-state index < -0.39 is 0 Å². The van der Waals surface area contributed by atoms with Gasteiger partial charge in [-0.15, -0.1) is 0 Å². The Bertz CT molecular complexity index is 561. The molecule has 0 aliphatic rings. The quantitative estimate of drug-likeness (QED) is 0.856. The molecule has 4 heteroatoms. The summed E-state index contributed by atoms with van der Waals surface area (Å²) in [5, 5.41) is 0. The van der Waals surface area contributed by atoms with Crippen molar-refractivity contribution in [2.45, 2.75) is 13.5 Å². The molecule has 1 aromatic carbocycles. The van der Waals surface area contributed by atoms with E-state index in [9.17, 15) is 4.79 Å². The molecular formula is C15H17N3O. The number of aromatic nitrogens is 1. The van der Waals surface area contributed by atoms with E-state index in [1.807, 2.05) is 31.2 Å². The maximum Gasteiger partial charge on any atom is 0.256 e. The van der Waals surface area contributed by atoms with Gasteiger partial charge in [0.1, 0.15) is 0 Å². The summed E-state index contributed by atoms with van der Waals surface area (Å²) >= 11 is 0. The summed E-state index contributed by atoms with van der Waals surface area (Å²) in [6.07, 6.45) is 3.44. The van der Waals surface area contributed by atoms with Crippen molar-refractivity contribution in [1.29, 1.82) is 0 Å². The third-order valence-corrected chi connectivity index (χ3v) is 3.03. The lowest BCUT2D eigenvalue weighted by Gasteiger charge is -2.19. The van der Waals surface area contributed by atoms with Gasteiger partial charge in [-0.05, 0) is 36.2 Å². The topological polar surface area (TPSA) is 59.2 Å². The van der Waals surface area contributed by atoms with Crippen molar-refractivity contribution < 1.29 is 4.79 Å². The number of carbonyl (C=O) groups is 1. The van der Waals surface area contributed by atoms with Gasteiger partial charge in [-0.1, -0.05) is 12.1 Å². The number of carbonyl (C=O) groups excluding carboxylic acids is 1. The van der Waals surface area contributed by atoms with Crippen LogP contribution in [-0.2, 0) is 6.54 Å². The normalized spacial score (nSPS) is 10.2. The van der Waals surface area contributed by atoms with Gasteiger partial charge in [-0.2, -0.15) is 0 Å². The molecule has 0 fully saturated rings. The van der Waals surface area contributed by atoms with Crippen molar-refractivity contribution in [3.63, 3.8) is 0 Å². The Morgan fingerprint density at radius 1 is 1.26 bits per heavy atom. The van der Waals surface area contributed by atoms with Gasteiger partial charge in [0.15, 0.2) is 0 Å². The molecule has 0 saturated carbocycles. The van der Waals surface area contributed by atoms with Crippen LogP contribution in [0.15, 0.2) is 42.7 Å². The summed E-state index contributed by atoms with van der Waals surface area (Å²) in [6, 6.07) is 9.28. The number of amides is 1. The van der Waals surface area contributed by atoms with Gasteiger partial charge in [-0.3, -0.25) is 9.78 Å². The highest BCUT2D eigenvalue weighted by molar-refractivity contribution is 6.00. The Labute approximate surface area is 112 Å². The number of nitrogens with two attached hydrogens (primary N) is 1. The fourth-order valence-electron chi connectivity index (χ4n) is 2.01. The van der Waals surface area contributed by atoms with Gasteiger partial charge >= 0.3 is 0 Å². The average Bonchev–Trinajstić information content (AvgIpc) is 2.39. The first-order valence-corrected chi connectivity index (χ1v) is 6.09. The Balaban J connectivity index is 2.20. The zero-order chi connectivity index (χ0) is 13.8. The van der Waals surface area contributed by atoms with Crippen LogP contribution in [0.5, 0.6) is 0 Å². The molecule has 0 saturated heterocycles. The molecular weight excluding hydrogens is 238 g/mol. The van der Waals surface area contributed by atoms with E-state index in [2.05, 4.69) is 4.98 Å². The molecule has 0 atom stereocenters. The summed E-state index contributed by atoms with van der Waals surface area (Å²) in [6.45, 7) is 2.43. The van der Waals surface area contributed by atoms with Crippen LogP contribution in [0.3, 0.4) is 0 Å². The van der Waals surface area contributed by atoms with E-state index in [4.69, 9.17) is 5.73 Å². The number of hydrogen-bond acceptors (Lipinski definition) is 3. The van der Waals surface area contributed by atoms with Gasteiger partial charge in [0.25, 0.3) is 5.91 Å². The Morgan fingerprint density at radius 3 is 2.58 bits per heavy atom. The number of rotatable bonds is 3. The van der Waals surface area contributed by atoms with Crippen molar-refractivity contribution in [3.05, 3.63) is 59.4 Å². The van der Waals surface area contributed by atoms with Crippen molar-refractivity contribution in [1.82, 2.24) is 9.88 Å². The molecule has 2 N–H and O–H groups in total. The van der Waals surface area contributed by atoms with Crippen LogP contribution >= 0.6 is 0 Å². The van der Waals surface area contributed by atoms with Gasteiger partial charge in [0, 0.05) is 31.7 Å². The van der Waals surface area contributed by atoms with E-state index >= 15 is 0 Å². The fraction of sp³-hybridized carbons (Fsp3) is 0.200. The number of pyridine rings is 1. The highest BCUT2D eigenvalue weighted by atomic mass is 16.2. The van der Waals surface area contributed by atoms with E-state index in [0.717, 1.165) is 11.1 Å². The second kappa shape index (κ2) is 5.52. The van der Waals surface area contributed by atoms with E-state index in [-0.39, 0.29) is 5.91 Å². The molecule has 98 valence electrons. The molecule has 0 unspecified atom stereocenters. The number of nitrogen functional groups attached to an aromatic ring is 1. The molecule has 4 nitrogen and oxygen atoms in total. The monoisotopic (exact) mass is 255 g/mol. The predicted octanol–water partition coefficient (Wildman–Crippen LogP) is 2.24. The number of nitrogens with zero attached hydrogens (tertiary/aromatic N) is 2. The highest BCUT2D eigenvalue weighted by Gasteiger charge is 2.16. The van der Waals surface area contributed by atoms with E-state index in [1.165, 1.54) is 0 Å². The summed E-state index contributed by atoms with van der Waals surface area (Å²) < 4.78 is 0. The van der Waals surface area contributed by atoms with Gasteiger partial charge in [0.2, 0.25) is 0 Å². The van der Waals surface area contributed by atoms with E-state index in [1.54, 1.807) is 30.4 Å². The SMILES string of the molecule is Cc1cccc(N)c1C(=O)N(C)Cc1ccncc1. The fourth-order valence-corrected chi connectivity index (χ4v) is 2.01. The van der Waals surface area contributed by atoms with Crippen LogP contribution in [0.1, 0.15) is 21.5 Å². The van der Waals surface area contributed by atoms with Gasteiger partial charge in [-0.25, -0.2) is 0 Å². The first-order chi connectivity index (χ1) is 9.09. The zero-order valence-corrected chi connectivity index (χ0v) is 11.1. The maximum atomic E-state index is 12.4. The molecule has 0 bridgehead atoms. The lowest BCUT2D eigenvalue weighted by Crippen LogP contribution is -2.27. The first-order valence-electron chi connectivity index (χ1n) is 6.09. The minimum atomic E-state index is -0.0626. The van der Waals surface area contributed by atoms with Crippen LogP contribution in [-0.4, -0.2) is 22.8 Å². The molecule has 1 aromatic heterocycles. The Morgan fingerprint density at radius 2 is 1.95 bits per heavy atom. The maximum absolute atomic E-state index is 12.4. The van der Waals surface area contributed by atoms with Crippen molar-refractivity contribution in [2.75, 3.05) is 12.8 Å². The molecule has 1 amide bonds. The lowest BCUT2D eigenvalue weighted by molar-refractivity contribution is 0.0785. The second-order valence-electron chi connectivity index (χ2n) is 4.56. The number of benzene rings is 1. The van der Waals surface area contributed by atoms with Crippen molar-refractivity contribution >= 4 is 11.6 Å². The van der Waals surface area contributed by atoms with Crippen molar-refractivity contribution in [2.24, 2.45) is 0 Å². The number of anilines is 1. The molecule has 1 heterocycles. The molecule has 0 radical (unpaired) electrons. The summed E-state index contributed by atoms with van der Waals surface area (Å²) in [7, 11) is 1.77. The standard InChI is InChI=1S/C15H17N3O/c1-11-4-3-5-13(16)14(11)15(19)18(2)10-12-6-8-17-9-7-12/h3-9H,10,16H2,1-2H3. The first kappa shape index (κ1) is 13.1. The molecule has 2 aromatic rings. The van der Waals surface area contributed by atoms with Crippen molar-refractivity contribution in [3.8, 4) is 0 Å². The van der Waals surface area contributed by atoms with Crippen LogP contribution in [0.2, 0.25) is 0 Å². The smallest absolute Gasteiger partial charge is 0.256 e. The summed E-state index contributed by atoms with van der Waals surface area (Å²) in [4.78, 5) is 18.0. The molecule has 0 aliphatic carbocycles. The molecule has 19 heavy (non-hydrogen) atoms. The third kappa shape index (κ3) is 2.91. The molecule has 0 spiro atoms. The average molecular weight is 255 g/mol.